The van der Waals surface area contributed by atoms with E-state index >= 15 is 0 Å². The summed E-state index contributed by atoms with van der Waals surface area (Å²) < 4.78 is 56.9. The van der Waals surface area contributed by atoms with Crippen LogP contribution in [0.5, 0.6) is 0 Å². The van der Waals surface area contributed by atoms with Crippen LogP contribution >= 0.6 is 0 Å². The molecule has 0 saturated heterocycles. The normalized spacial score (nSPS) is 16.2. The minimum absolute atomic E-state index is 0.145. The van der Waals surface area contributed by atoms with E-state index in [9.17, 15) is 27.2 Å². The Labute approximate surface area is 135 Å². The van der Waals surface area contributed by atoms with Crippen LogP contribution < -0.4 is 5.73 Å². The van der Waals surface area contributed by atoms with Gasteiger partial charge in [0.15, 0.2) is 0 Å². The summed E-state index contributed by atoms with van der Waals surface area (Å²) in [5.41, 5.74) is 2.42. The van der Waals surface area contributed by atoms with Crippen LogP contribution in [-0.4, -0.2) is 11.9 Å². The lowest BCUT2D eigenvalue weighted by atomic mass is 9.74. The van der Waals surface area contributed by atoms with Crippen LogP contribution in [-0.2, 0) is 26.1 Å². The molecule has 1 amide bonds. The maximum absolute atomic E-state index is 13.8. The topological polar surface area (TPSA) is 69.4 Å². The number of primary amides is 1. The molecule has 0 aromatic heterocycles. The van der Waals surface area contributed by atoms with Crippen LogP contribution in [0.2, 0.25) is 0 Å². The molecule has 1 aromatic carbocycles. The second kappa shape index (κ2) is 6.26. The van der Waals surface area contributed by atoms with E-state index in [1.54, 1.807) is 0 Å². The van der Waals surface area contributed by atoms with Crippen molar-refractivity contribution in [3.8, 4) is 0 Å². The van der Waals surface area contributed by atoms with E-state index in [-0.39, 0.29) is 11.1 Å². The molecule has 0 aliphatic heterocycles. The second-order valence-corrected chi connectivity index (χ2v) is 5.66. The van der Waals surface area contributed by atoms with Gasteiger partial charge in [-0.05, 0) is 37.0 Å². The molecule has 0 atom stereocenters. The SMILES string of the molecule is C=C(CC(=O)OC1(c2ccc(C(F)(F)F)c(F)c2)CCC1)C(N)=O. The zero-order valence-electron chi connectivity index (χ0n) is 12.6. The van der Waals surface area contributed by atoms with Crippen LogP contribution in [0.3, 0.4) is 0 Å². The molecule has 1 fully saturated rings. The molecular formula is C16H15F4NO3. The van der Waals surface area contributed by atoms with Gasteiger partial charge in [-0.1, -0.05) is 12.6 Å². The smallest absolute Gasteiger partial charge is 0.419 e. The zero-order chi connectivity index (χ0) is 18.1. The van der Waals surface area contributed by atoms with Gasteiger partial charge in [-0.15, -0.1) is 0 Å². The van der Waals surface area contributed by atoms with E-state index < -0.39 is 41.5 Å². The number of esters is 1. The summed E-state index contributed by atoms with van der Waals surface area (Å²) >= 11 is 0. The molecule has 2 rings (SSSR count). The first kappa shape index (κ1) is 18.0. The molecule has 0 radical (unpaired) electrons. The number of nitrogens with two attached hydrogens (primary N) is 1. The van der Waals surface area contributed by atoms with Gasteiger partial charge < -0.3 is 10.5 Å². The standard InChI is InChI=1S/C16H15F4NO3/c1-9(14(21)23)7-13(22)24-15(5-2-6-15)10-3-4-11(12(17)8-10)16(18,19)20/h3-4,8H,1-2,5-7H2,(H2,21,23). The van der Waals surface area contributed by atoms with Crippen LogP contribution in [0.4, 0.5) is 17.6 Å². The summed E-state index contributed by atoms with van der Waals surface area (Å²) in [4.78, 5) is 22.8. The zero-order valence-corrected chi connectivity index (χ0v) is 12.6. The molecule has 0 unspecified atom stereocenters. The van der Waals surface area contributed by atoms with Gasteiger partial charge >= 0.3 is 12.1 Å². The van der Waals surface area contributed by atoms with Crippen molar-refractivity contribution in [3.63, 3.8) is 0 Å². The van der Waals surface area contributed by atoms with Crippen molar-refractivity contribution in [2.75, 3.05) is 0 Å². The van der Waals surface area contributed by atoms with Gasteiger partial charge in [-0.3, -0.25) is 9.59 Å². The molecule has 4 nitrogen and oxygen atoms in total. The molecule has 0 spiro atoms. The summed E-state index contributed by atoms with van der Waals surface area (Å²) in [6.45, 7) is 3.33. The molecule has 8 heteroatoms. The first-order valence-electron chi connectivity index (χ1n) is 7.12. The summed E-state index contributed by atoms with van der Waals surface area (Å²) in [6.07, 6.45) is -3.85. The molecule has 1 aliphatic carbocycles. The van der Waals surface area contributed by atoms with Crippen LogP contribution in [0, 0.1) is 5.82 Å². The van der Waals surface area contributed by atoms with Gasteiger partial charge in [-0.25, -0.2) is 4.39 Å². The number of amides is 1. The Morgan fingerprint density at radius 2 is 1.92 bits per heavy atom. The van der Waals surface area contributed by atoms with Gasteiger partial charge in [0, 0.05) is 5.57 Å². The minimum atomic E-state index is -4.80. The molecular weight excluding hydrogens is 330 g/mol. The number of hydrogen-bond donors (Lipinski definition) is 1. The number of benzene rings is 1. The third-order valence-corrected chi connectivity index (χ3v) is 3.98. The van der Waals surface area contributed by atoms with Crippen molar-refractivity contribution in [1.29, 1.82) is 0 Å². The molecule has 1 aromatic rings. The Hall–Kier alpha value is -2.38. The van der Waals surface area contributed by atoms with Gasteiger partial charge in [0.1, 0.15) is 11.4 Å². The predicted molar refractivity (Wildman–Crippen MR) is 76.0 cm³/mol. The lowest BCUT2D eigenvalue weighted by Crippen LogP contribution is -2.39. The fraction of sp³-hybridized carbons (Fsp3) is 0.375. The third kappa shape index (κ3) is 3.58. The molecule has 2 N–H and O–H groups in total. The Morgan fingerprint density at radius 1 is 1.29 bits per heavy atom. The highest BCUT2D eigenvalue weighted by atomic mass is 19.4. The Morgan fingerprint density at radius 3 is 2.33 bits per heavy atom. The average Bonchev–Trinajstić information content (AvgIpc) is 2.41. The summed E-state index contributed by atoms with van der Waals surface area (Å²) in [5, 5.41) is 0. The molecule has 1 aliphatic rings. The largest absolute Gasteiger partial charge is 0.454 e. The van der Waals surface area contributed by atoms with Gasteiger partial charge in [-0.2, -0.15) is 13.2 Å². The van der Waals surface area contributed by atoms with Crippen molar-refractivity contribution >= 4 is 11.9 Å². The fourth-order valence-electron chi connectivity index (χ4n) is 2.49. The van der Waals surface area contributed by atoms with E-state index in [1.165, 1.54) is 0 Å². The van der Waals surface area contributed by atoms with Crippen molar-refractivity contribution in [2.24, 2.45) is 5.73 Å². The number of ether oxygens (including phenoxy) is 1. The second-order valence-electron chi connectivity index (χ2n) is 5.66. The molecule has 1 saturated carbocycles. The molecule has 130 valence electrons. The highest BCUT2D eigenvalue weighted by Gasteiger charge is 2.44. The molecule has 24 heavy (non-hydrogen) atoms. The number of carbonyl (C=O) groups is 2. The van der Waals surface area contributed by atoms with Crippen LogP contribution in [0.1, 0.15) is 36.8 Å². The third-order valence-electron chi connectivity index (χ3n) is 3.98. The highest BCUT2D eigenvalue weighted by Crippen LogP contribution is 2.46. The monoisotopic (exact) mass is 345 g/mol. The maximum Gasteiger partial charge on any atom is 0.419 e. The first-order chi connectivity index (χ1) is 11.0. The van der Waals surface area contributed by atoms with Gasteiger partial charge in [0.25, 0.3) is 0 Å². The average molecular weight is 345 g/mol. The summed E-state index contributed by atoms with van der Waals surface area (Å²) in [5.74, 6) is -3.07. The highest BCUT2D eigenvalue weighted by molar-refractivity contribution is 5.95. The van der Waals surface area contributed by atoms with E-state index in [4.69, 9.17) is 10.5 Å². The predicted octanol–water partition coefficient (Wildman–Crippen LogP) is 3.20. The number of carbonyl (C=O) groups excluding carboxylic acids is 2. The summed E-state index contributed by atoms with van der Waals surface area (Å²) in [6, 6.07) is 2.46. The van der Waals surface area contributed by atoms with Crippen LogP contribution in [0.15, 0.2) is 30.4 Å². The first-order valence-corrected chi connectivity index (χ1v) is 7.12. The van der Waals surface area contributed by atoms with E-state index in [2.05, 4.69) is 6.58 Å². The number of halogens is 4. The Balaban J connectivity index is 2.21. The van der Waals surface area contributed by atoms with E-state index in [1.807, 2.05) is 0 Å². The quantitative estimate of drug-likeness (QED) is 0.506. The minimum Gasteiger partial charge on any atom is -0.454 e. The van der Waals surface area contributed by atoms with Crippen molar-refractivity contribution in [3.05, 3.63) is 47.3 Å². The maximum atomic E-state index is 13.8. The Kier molecular flexibility index (Phi) is 4.68. The van der Waals surface area contributed by atoms with Crippen molar-refractivity contribution < 1.29 is 31.9 Å². The molecule has 0 heterocycles. The van der Waals surface area contributed by atoms with Gasteiger partial charge in [0.05, 0.1) is 12.0 Å². The van der Waals surface area contributed by atoms with Crippen molar-refractivity contribution in [1.82, 2.24) is 0 Å². The number of alkyl halides is 3. The fourth-order valence-corrected chi connectivity index (χ4v) is 2.49. The van der Waals surface area contributed by atoms with E-state index in [0.717, 1.165) is 12.1 Å². The van der Waals surface area contributed by atoms with Crippen molar-refractivity contribution in [2.45, 2.75) is 37.5 Å². The Bertz CT molecular complexity index is 693. The summed E-state index contributed by atoms with van der Waals surface area (Å²) in [7, 11) is 0. The number of hydrogen-bond acceptors (Lipinski definition) is 3. The lowest BCUT2D eigenvalue weighted by Gasteiger charge is -2.41. The van der Waals surface area contributed by atoms with Gasteiger partial charge in [0.2, 0.25) is 5.91 Å². The number of rotatable bonds is 5. The van der Waals surface area contributed by atoms with E-state index in [0.29, 0.717) is 25.3 Å². The van der Waals surface area contributed by atoms with Crippen LogP contribution in [0.25, 0.3) is 0 Å². The molecule has 0 bridgehead atoms. The lowest BCUT2D eigenvalue weighted by molar-refractivity contribution is -0.171.